The third kappa shape index (κ3) is 5.77. The van der Waals surface area contributed by atoms with Crippen molar-refractivity contribution in [1.82, 2.24) is 9.88 Å². The van der Waals surface area contributed by atoms with E-state index in [1.807, 2.05) is 13.8 Å². The number of carbonyl (C=O) groups is 2. The van der Waals surface area contributed by atoms with Crippen molar-refractivity contribution in [1.29, 1.82) is 5.41 Å². The smallest absolute Gasteiger partial charge is 0.285 e. The lowest BCUT2D eigenvalue weighted by Crippen LogP contribution is -2.32. The molecule has 2 amide bonds. The Morgan fingerprint density at radius 2 is 1.92 bits per heavy atom. The number of halogens is 3. The number of thiophene rings is 1. The van der Waals surface area contributed by atoms with Gasteiger partial charge in [0.2, 0.25) is 0 Å². The quantitative estimate of drug-likeness (QED) is 0.307. The third-order valence-corrected chi connectivity index (χ3v) is 7.83. The van der Waals surface area contributed by atoms with Crippen molar-refractivity contribution in [3.8, 4) is 5.75 Å². The molecule has 37 heavy (non-hydrogen) atoms. The maximum atomic E-state index is 13.3. The number of nitrogens with zero attached hydrogens (tertiary/aromatic N) is 2. The summed E-state index contributed by atoms with van der Waals surface area (Å²) in [5, 5.41) is 16.1. The lowest BCUT2D eigenvalue weighted by Gasteiger charge is -2.20. The van der Waals surface area contributed by atoms with Crippen LogP contribution >= 0.6 is 46.1 Å². The zero-order chi connectivity index (χ0) is 26.9. The van der Waals surface area contributed by atoms with Crippen molar-refractivity contribution < 1.29 is 19.1 Å². The highest BCUT2D eigenvalue weighted by atomic mass is 35.5. The van der Waals surface area contributed by atoms with Crippen LogP contribution in [0.25, 0.3) is 0 Å². The van der Waals surface area contributed by atoms with Gasteiger partial charge in [-0.3, -0.25) is 15.0 Å². The van der Waals surface area contributed by atoms with Crippen molar-refractivity contribution in [2.45, 2.75) is 32.5 Å². The van der Waals surface area contributed by atoms with Gasteiger partial charge in [-0.15, -0.1) is 11.3 Å². The summed E-state index contributed by atoms with van der Waals surface area (Å²) in [7, 11) is 1.40. The molecule has 0 saturated carbocycles. The Balaban J connectivity index is 1.59. The minimum Gasteiger partial charge on any atom is -0.494 e. The Morgan fingerprint density at radius 3 is 2.54 bits per heavy atom. The topological polar surface area (TPSA) is 117 Å². The molecule has 0 unspecified atom stereocenters. The minimum absolute atomic E-state index is 0.0183. The van der Waals surface area contributed by atoms with Crippen LogP contribution in [0.4, 0.5) is 11.5 Å². The van der Waals surface area contributed by atoms with Gasteiger partial charge in [-0.2, -0.15) is 0 Å². The molecule has 1 fully saturated rings. The summed E-state index contributed by atoms with van der Waals surface area (Å²) in [5.41, 5.74) is 0.861. The highest BCUT2D eigenvalue weighted by Crippen LogP contribution is 2.36. The Kier molecular flexibility index (Phi) is 8.13. The first kappa shape index (κ1) is 27.0. The van der Waals surface area contributed by atoms with E-state index in [9.17, 15) is 9.59 Å². The molecule has 1 aliphatic heterocycles. The average Bonchev–Trinajstić information content (AvgIpc) is 3.34. The van der Waals surface area contributed by atoms with E-state index in [0.29, 0.717) is 17.1 Å². The van der Waals surface area contributed by atoms with Crippen molar-refractivity contribution >= 4 is 75.5 Å². The standard InChI is InChI=1S/C24H22Cl3N5O4S/c1-11-12(2)36-24(28)32(11)9-13-10-37-21(19(13)27)23(34)31-20-16(6-15(26)7-17(20)35-3)22(33)30-18-5-4-14(25)8-29-18/h4-8,10-12,28H,9H2,1-3H3,(H,31,34)(H,29,30,33)/t11-,12+/m1/s1. The zero-order valence-corrected chi connectivity index (χ0v) is 23.0. The number of ether oxygens (including phenoxy) is 2. The summed E-state index contributed by atoms with van der Waals surface area (Å²) >= 11 is 19.8. The predicted octanol–water partition coefficient (Wildman–Crippen LogP) is 6.16. The lowest BCUT2D eigenvalue weighted by molar-refractivity contribution is 0.102. The van der Waals surface area contributed by atoms with Crippen molar-refractivity contribution in [2.75, 3.05) is 17.7 Å². The molecular formula is C24H22Cl3N5O4S. The highest BCUT2D eigenvalue weighted by Gasteiger charge is 2.34. The second-order valence-corrected chi connectivity index (χ2v) is 10.3. The van der Waals surface area contributed by atoms with E-state index in [2.05, 4.69) is 15.6 Å². The maximum absolute atomic E-state index is 13.3. The maximum Gasteiger partial charge on any atom is 0.285 e. The first-order valence-corrected chi connectivity index (χ1v) is 13.0. The summed E-state index contributed by atoms with van der Waals surface area (Å²) < 4.78 is 10.9. The van der Waals surface area contributed by atoms with Crippen molar-refractivity contribution in [2.24, 2.45) is 0 Å². The van der Waals surface area contributed by atoms with E-state index in [0.717, 1.165) is 11.3 Å². The molecule has 1 aromatic carbocycles. The van der Waals surface area contributed by atoms with Crippen LogP contribution in [0.2, 0.25) is 15.1 Å². The number of benzene rings is 1. The van der Waals surface area contributed by atoms with Crippen LogP contribution in [0.3, 0.4) is 0 Å². The Morgan fingerprint density at radius 1 is 1.16 bits per heavy atom. The SMILES string of the molecule is COc1cc(Cl)cc(C(=O)Nc2ccc(Cl)cn2)c1NC(=O)c1scc(CN2C(=N)O[C@@H](C)[C@H]2C)c1Cl. The molecular weight excluding hydrogens is 561 g/mol. The number of methoxy groups -OCH3 is 1. The van der Waals surface area contributed by atoms with Gasteiger partial charge >= 0.3 is 0 Å². The van der Waals surface area contributed by atoms with E-state index in [1.54, 1.807) is 22.4 Å². The molecule has 2 atom stereocenters. The molecule has 2 aromatic heterocycles. The largest absolute Gasteiger partial charge is 0.494 e. The molecule has 4 rings (SSSR count). The molecule has 194 valence electrons. The van der Waals surface area contributed by atoms with Crippen LogP contribution in [-0.2, 0) is 11.3 Å². The van der Waals surface area contributed by atoms with Gasteiger partial charge in [0.25, 0.3) is 17.8 Å². The molecule has 13 heteroatoms. The molecule has 9 nitrogen and oxygen atoms in total. The van der Waals surface area contributed by atoms with E-state index in [4.69, 9.17) is 49.7 Å². The lowest BCUT2D eigenvalue weighted by atomic mass is 10.1. The normalized spacial score (nSPS) is 16.9. The average molecular weight is 583 g/mol. The molecule has 0 radical (unpaired) electrons. The van der Waals surface area contributed by atoms with Gasteiger partial charge in [-0.05, 0) is 37.4 Å². The number of anilines is 2. The second kappa shape index (κ2) is 11.1. The number of hydrogen-bond donors (Lipinski definition) is 3. The molecule has 3 N–H and O–H groups in total. The van der Waals surface area contributed by atoms with Crippen LogP contribution in [-0.4, -0.2) is 47.0 Å². The first-order chi connectivity index (χ1) is 17.6. The molecule has 0 aliphatic carbocycles. The first-order valence-electron chi connectivity index (χ1n) is 11.0. The Hall–Kier alpha value is -3.05. The monoisotopic (exact) mass is 581 g/mol. The molecule has 1 aliphatic rings. The minimum atomic E-state index is -0.570. The molecule has 0 spiro atoms. The van der Waals surface area contributed by atoms with Gasteiger partial charge in [0.15, 0.2) is 0 Å². The van der Waals surface area contributed by atoms with Crippen molar-refractivity contribution in [3.05, 3.63) is 66.9 Å². The Bertz CT molecular complexity index is 1370. The summed E-state index contributed by atoms with van der Waals surface area (Å²) in [6.45, 7) is 4.17. The molecule has 0 bridgehead atoms. The van der Waals surface area contributed by atoms with Gasteiger partial charge in [0.1, 0.15) is 22.5 Å². The van der Waals surface area contributed by atoms with Gasteiger partial charge in [-0.25, -0.2) is 4.98 Å². The summed E-state index contributed by atoms with van der Waals surface area (Å²) in [5.74, 6) is -0.653. The summed E-state index contributed by atoms with van der Waals surface area (Å²) in [6.07, 6.45) is 1.27. The summed E-state index contributed by atoms with van der Waals surface area (Å²) in [6, 6.07) is 6.06. The molecule has 1 saturated heterocycles. The van der Waals surface area contributed by atoms with E-state index in [-0.39, 0.29) is 55.9 Å². The van der Waals surface area contributed by atoms with Crippen molar-refractivity contribution in [3.63, 3.8) is 0 Å². The predicted molar refractivity (Wildman–Crippen MR) is 146 cm³/mol. The number of pyridine rings is 1. The number of nitrogens with one attached hydrogen (secondary N) is 3. The number of hydrogen-bond acceptors (Lipinski definition) is 7. The van der Waals surface area contributed by atoms with Gasteiger partial charge in [0, 0.05) is 22.8 Å². The van der Waals surface area contributed by atoms with Crippen LogP contribution in [0, 0.1) is 5.41 Å². The fraction of sp³-hybridized carbons (Fsp3) is 0.250. The van der Waals surface area contributed by atoms with Crippen LogP contribution in [0.5, 0.6) is 5.75 Å². The fourth-order valence-electron chi connectivity index (χ4n) is 3.67. The number of aromatic nitrogens is 1. The third-order valence-electron chi connectivity index (χ3n) is 5.82. The summed E-state index contributed by atoms with van der Waals surface area (Å²) in [4.78, 5) is 32.5. The number of amidine groups is 1. The van der Waals surface area contributed by atoms with Gasteiger partial charge < -0.3 is 25.0 Å². The van der Waals surface area contributed by atoms with E-state index >= 15 is 0 Å². The van der Waals surface area contributed by atoms with Crippen LogP contribution in [0.15, 0.2) is 35.8 Å². The second-order valence-electron chi connectivity index (χ2n) is 8.20. The molecule has 3 aromatic rings. The fourth-order valence-corrected chi connectivity index (χ4v) is 5.24. The van der Waals surface area contributed by atoms with Gasteiger partial charge in [0.05, 0.1) is 41.0 Å². The highest BCUT2D eigenvalue weighted by molar-refractivity contribution is 7.13. The number of carbonyl (C=O) groups excluding carboxylic acids is 2. The van der Waals surface area contributed by atoms with E-state index in [1.165, 1.54) is 25.4 Å². The zero-order valence-electron chi connectivity index (χ0n) is 19.9. The number of amides is 2. The van der Waals surface area contributed by atoms with Gasteiger partial charge in [-0.1, -0.05) is 34.8 Å². The van der Waals surface area contributed by atoms with Crippen LogP contribution < -0.4 is 15.4 Å². The van der Waals surface area contributed by atoms with Crippen LogP contribution in [0.1, 0.15) is 39.4 Å². The Labute approximate surface area is 232 Å². The number of rotatable bonds is 7. The van der Waals surface area contributed by atoms with E-state index < -0.39 is 11.8 Å². The molecule has 3 heterocycles.